The van der Waals surface area contributed by atoms with Crippen molar-refractivity contribution in [2.75, 3.05) is 23.3 Å². The molecule has 2 saturated heterocycles. The molecular formula is C18H28N4O. The molecule has 1 aromatic rings. The van der Waals surface area contributed by atoms with Crippen LogP contribution < -0.4 is 20.9 Å². The van der Waals surface area contributed by atoms with Crippen molar-refractivity contribution in [3.05, 3.63) is 24.3 Å². The van der Waals surface area contributed by atoms with Gasteiger partial charge in [-0.15, -0.1) is 0 Å². The Bertz CT molecular complexity index is 510. The minimum Gasteiger partial charge on any atom is -0.372 e. The second kappa shape index (κ2) is 7.68. The second-order valence-electron chi connectivity index (χ2n) is 6.60. The highest BCUT2D eigenvalue weighted by Crippen LogP contribution is 2.22. The molecule has 3 rings (SSSR count). The molecule has 2 aliphatic rings. The van der Waals surface area contributed by atoms with Gasteiger partial charge in [0.15, 0.2) is 6.29 Å². The second-order valence-corrected chi connectivity index (χ2v) is 6.60. The van der Waals surface area contributed by atoms with Crippen molar-refractivity contribution in [3.63, 3.8) is 0 Å². The first-order chi connectivity index (χ1) is 11.2. The van der Waals surface area contributed by atoms with Crippen LogP contribution in [0.25, 0.3) is 0 Å². The fourth-order valence-corrected chi connectivity index (χ4v) is 3.48. The van der Waals surface area contributed by atoms with Gasteiger partial charge >= 0.3 is 0 Å². The highest BCUT2D eigenvalue weighted by atomic mass is 16.2. The fourth-order valence-electron chi connectivity index (χ4n) is 3.48. The Morgan fingerprint density at radius 3 is 2.61 bits per heavy atom. The zero-order valence-electron chi connectivity index (χ0n) is 14.0. The molecule has 2 fully saturated rings. The molecule has 2 heterocycles. The van der Waals surface area contributed by atoms with E-state index in [-0.39, 0.29) is 18.2 Å². The average Bonchev–Trinajstić information content (AvgIpc) is 2.56. The number of nitrogens with zero attached hydrogens (tertiary/aromatic N) is 1. The van der Waals surface area contributed by atoms with Gasteiger partial charge in [-0.25, -0.2) is 0 Å². The van der Waals surface area contributed by atoms with E-state index in [0.717, 1.165) is 31.6 Å². The topological polar surface area (TPSA) is 56.4 Å². The summed E-state index contributed by atoms with van der Waals surface area (Å²) >= 11 is 0. The summed E-state index contributed by atoms with van der Waals surface area (Å²) < 4.78 is 0. The smallest absolute Gasteiger partial charge is 0.224 e. The van der Waals surface area contributed by atoms with E-state index in [1.54, 1.807) is 0 Å². The van der Waals surface area contributed by atoms with Crippen LogP contribution in [0.4, 0.5) is 11.4 Å². The van der Waals surface area contributed by atoms with E-state index >= 15 is 0 Å². The first-order valence-corrected chi connectivity index (χ1v) is 8.91. The molecule has 0 aromatic heterocycles. The van der Waals surface area contributed by atoms with Crippen LogP contribution >= 0.6 is 0 Å². The summed E-state index contributed by atoms with van der Waals surface area (Å²) in [5.41, 5.74) is 2.32. The van der Waals surface area contributed by atoms with E-state index in [4.69, 9.17) is 0 Å². The van der Waals surface area contributed by atoms with Gasteiger partial charge in [0.05, 0.1) is 0 Å². The van der Waals surface area contributed by atoms with Gasteiger partial charge in [-0.3, -0.25) is 10.1 Å². The first kappa shape index (κ1) is 16.1. The summed E-state index contributed by atoms with van der Waals surface area (Å²) in [5, 5.41) is 9.79. The van der Waals surface area contributed by atoms with E-state index in [1.165, 1.54) is 24.9 Å². The molecular weight excluding hydrogens is 288 g/mol. The summed E-state index contributed by atoms with van der Waals surface area (Å²) in [5.74, 6) is 0.115. The Hall–Kier alpha value is -1.75. The molecule has 0 saturated carbocycles. The quantitative estimate of drug-likeness (QED) is 0.782. The van der Waals surface area contributed by atoms with Crippen molar-refractivity contribution in [3.8, 4) is 0 Å². The SMILES string of the molecule is CCCC1CC(=O)NC(Nc2ccc(N3CCCCC3)cc2)N1. The van der Waals surface area contributed by atoms with Crippen molar-refractivity contribution < 1.29 is 4.79 Å². The minimum absolute atomic E-state index is 0.115. The van der Waals surface area contributed by atoms with Crippen LogP contribution in [0.2, 0.25) is 0 Å². The summed E-state index contributed by atoms with van der Waals surface area (Å²) in [6.07, 6.45) is 6.42. The molecule has 0 radical (unpaired) electrons. The van der Waals surface area contributed by atoms with Crippen molar-refractivity contribution >= 4 is 17.3 Å². The molecule has 2 atom stereocenters. The summed E-state index contributed by atoms with van der Waals surface area (Å²) in [7, 11) is 0. The van der Waals surface area contributed by atoms with E-state index in [9.17, 15) is 4.79 Å². The van der Waals surface area contributed by atoms with Gasteiger partial charge in [-0.05, 0) is 49.9 Å². The van der Waals surface area contributed by atoms with Crippen LogP contribution in [-0.2, 0) is 4.79 Å². The molecule has 126 valence electrons. The van der Waals surface area contributed by atoms with Crippen molar-refractivity contribution in [1.29, 1.82) is 0 Å². The fraction of sp³-hybridized carbons (Fsp3) is 0.611. The third-order valence-electron chi connectivity index (χ3n) is 4.68. The van der Waals surface area contributed by atoms with Gasteiger partial charge in [-0.2, -0.15) is 0 Å². The zero-order chi connectivity index (χ0) is 16.1. The van der Waals surface area contributed by atoms with Gasteiger partial charge in [0.2, 0.25) is 5.91 Å². The van der Waals surface area contributed by atoms with Crippen molar-refractivity contribution in [2.24, 2.45) is 0 Å². The van der Waals surface area contributed by atoms with Crippen LogP contribution in [0.1, 0.15) is 45.4 Å². The number of hydrogen-bond acceptors (Lipinski definition) is 4. The zero-order valence-corrected chi connectivity index (χ0v) is 14.0. The number of nitrogens with one attached hydrogen (secondary N) is 3. The number of carbonyl (C=O) groups excluding carboxylic acids is 1. The van der Waals surface area contributed by atoms with E-state index in [2.05, 4.69) is 52.0 Å². The third kappa shape index (κ3) is 4.38. The normalized spacial score (nSPS) is 25.1. The van der Waals surface area contributed by atoms with E-state index in [1.807, 2.05) is 0 Å². The van der Waals surface area contributed by atoms with Crippen LogP contribution in [0.15, 0.2) is 24.3 Å². The molecule has 23 heavy (non-hydrogen) atoms. The number of hydrogen-bond donors (Lipinski definition) is 3. The van der Waals surface area contributed by atoms with E-state index in [0.29, 0.717) is 6.42 Å². The Labute approximate surface area is 138 Å². The molecule has 0 bridgehead atoms. The molecule has 2 aliphatic heterocycles. The Morgan fingerprint density at radius 1 is 1.17 bits per heavy atom. The van der Waals surface area contributed by atoms with Gasteiger partial charge in [0.1, 0.15) is 0 Å². The maximum absolute atomic E-state index is 11.8. The highest BCUT2D eigenvalue weighted by Gasteiger charge is 2.24. The standard InChI is InChI=1S/C18H28N4O/c1-2-6-15-13-17(23)21-18(20-15)19-14-7-9-16(10-8-14)22-11-4-3-5-12-22/h7-10,15,18-20H,2-6,11-13H2,1H3,(H,21,23). The number of rotatable bonds is 5. The lowest BCUT2D eigenvalue weighted by Crippen LogP contribution is -2.59. The first-order valence-electron chi connectivity index (χ1n) is 8.91. The molecule has 0 spiro atoms. The Kier molecular flexibility index (Phi) is 5.39. The summed E-state index contributed by atoms with van der Waals surface area (Å²) in [6.45, 7) is 4.47. The van der Waals surface area contributed by atoms with Gasteiger partial charge < -0.3 is 15.5 Å². The summed E-state index contributed by atoms with van der Waals surface area (Å²) in [4.78, 5) is 14.3. The molecule has 0 aliphatic carbocycles. The molecule has 5 nitrogen and oxygen atoms in total. The van der Waals surface area contributed by atoms with Crippen LogP contribution in [0.5, 0.6) is 0 Å². The maximum atomic E-state index is 11.8. The number of piperidine rings is 1. The van der Waals surface area contributed by atoms with Gasteiger partial charge in [0, 0.05) is 36.9 Å². The summed E-state index contributed by atoms with van der Waals surface area (Å²) in [6, 6.07) is 8.80. The Morgan fingerprint density at radius 2 is 1.91 bits per heavy atom. The molecule has 1 amide bonds. The molecule has 3 N–H and O–H groups in total. The highest BCUT2D eigenvalue weighted by molar-refractivity contribution is 5.78. The van der Waals surface area contributed by atoms with Crippen LogP contribution in [0.3, 0.4) is 0 Å². The van der Waals surface area contributed by atoms with Gasteiger partial charge in [-0.1, -0.05) is 13.3 Å². The van der Waals surface area contributed by atoms with Crippen LogP contribution in [-0.4, -0.2) is 31.3 Å². The Balaban J connectivity index is 1.58. The minimum atomic E-state index is -0.186. The third-order valence-corrected chi connectivity index (χ3v) is 4.68. The lowest BCUT2D eigenvalue weighted by atomic mass is 10.1. The van der Waals surface area contributed by atoms with Gasteiger partial charge in [0.25, 0.3) is 0 Å². The van der Waals surface area contributed by atoms with E-state index < -0.39 is 0 Å². The monoisotopic (exact) mass is 316 g/mol. The lowest BCUT2D eigenvalue weighted by molar-refractivity contribution is -0.124. The molecule has 5 heteroatoms. The maximum Gasteiger partial charge on any atom is 0.224 e. The predicted molar refractivity (Wildman–Crippen MR) is 94.5 cm³/mol. The predicted octanol–water partition coefficient (Wildman–Crippen LogP) is 2.65. The van der Waals surface area contributed by atoms with Crippen molar-refractivity contribution in [2.45, 2.75) is 57.8 Å². The average molecular weight is 316 g/mol. The molecule has 1 aromatic carbocycles. The largest absolute Gasteiger partial charge is 0.372 e. The lowest BCUT2D eigenvalue weighted by Gasteiger charge is -2.33. The molecule has 2 unspecified atom stereocenters. The van der Waals surface area contributed by atoms with Crippen LogP contribution in [0, 0.1) is 0 Å². The number of benzene rings is 1. The number of anilines is 2. The number of amides is 1. The van der Waals surface area contributed by atoms with Crippen molar-refractivity contribution in [1.82, 2.24) is 10.6 Å². The number of carbonyl (C=O) groups is 1.